The van der Waals surface area contributed by atoms with Gasteiger partial charge in [0.25, 0.3) is 0 Å². The topological polar surface area (TPSA) is 127 Å². The monoisotopic (exact) mass is 208 g/mol. The van der Waals surface area contributed by atoms with Gasteiger partial charge in [0, 0.05) is 25.9 Å². The summed E-state index contributed by atoms with van der Waals surface area (Å²) < 4.78 is 0. The summed E-state index contributed by atoms with van der Waals surface area (Å²) in [5.74, 6) is 0. The Morgan fingerprint density at radius 1 is 1.07 bits per heavy atom. The number of primary amides is 1. The number of hydrogen-bond donors (Lipinski definition) is 5. The quantitative estimate of drug-likeness (QED) is 0.316. The lowest BCUT2D eigenvalue weighted by Crippen LogP contribution is -2.39. The molecule has 84 valence electrons. The summed E-state index contributed by atoms with van der Waals surface area (Å²) in [6.45, 7) is 0.138. The highest BCUT2D eigenvalue weighted by Crippen LogP contribution is 1.97. The molecule has 0 bridgehead atoms. The molecule has 0 aliphatic carbocycles. The van der Waals surface area contributed by atoms with Crippen LogP contribution in [-0.2, 0) is 0 Å². The van der Waals surface area contributed by atoms with Crippen molar-refractivity contribution in [3.63, 3.8) is 0 Å². The summed E-state index contributed by atoms with van der Waals surface area (Å²) in [6, 6.07) is -0.730. The van der Waals surface area contributed by atoms with Gasteiger partial charge in [0.15, 0.2) is 12.6 Å². The van der Waals surface area contributed by atoms with Crippen molar-refractivity contribution in [3.8, 4) is 0 Å². The third-order valence-corrected chi connectivity index (χ3v) is 1.63. The van der Waals surface area contributed by atoms with Gasteiger partial charge < -0.3 is 31.1 Å². The molecule has 7 nitrogen and oxygen atoms in total. The fourth-order valence-electron chi connectivity index (χ4n) is 0.875. The molecule has 0 aromatic heterocycles. The van der Waals surface area contributed by atoms with E-state index < -0.39 is 18.6 Å². The molecule has 7 heteroatoms. The van der Waals surface area contributed by atoms with E-state index in [1.165, 1.54) is 0 Å². The van der Waals surface area contributed by atoms with Crippen LogP contribution in [0.15, 0.2) is 0 Å². The molecule has 0 atom stereocenters. The molecule has 0 aliphatic heterocycles. The van der Waals surface area contributed by atoms with Gasteiger partial charge in [-0.3, -0.25) is 0 Å². The van der Waals surface area contributed by atoms with Crippen molar-refractivity contribution in [2.45, 2.75) is 25.4 Å². The lowest BCUT2D eigenvalue weighted by atomic mass is 10.3. The van der Waals surface area contributed by atoms with E-state index in [2.05, 4.69) is 0 Å². The molecule has 2 amide bonds. The molecule has 0 aromatic rings. The molecule has 0 fully saturated rings. The number of nitrogens with two attached hydrogens (primary N) is 1. The molecule has 0 unspecified atom stereocenters. The van der Waals surface area contributed by atoms with Gasteiger partial charge in [-0.2, -0.15) is 0 Å². The number of hydrogen-bond acceptors (Lipinski definition) is 5. The smallest absolute Gasteiger partial charge is 0.314 e. The molecule has 0 rings (SSSR count). The van der Waals surface area contributed by atoms with Gasteiger partial charge in [0.1, 0.15) is 0 Å². The number of amides is 2. The van der Waals surface area contributed by atoms with Crippen molar-refractivity contribution in [1.29, 1.82) is 0 Å². The van der Waals surface area contributed by atoms with Crippen LogP contribution in [0, 0.1) is 0 Å². The van der Waals surface area contributed by atoms with Crippen molar-refractivity contribution in [2.24, 2.45) is 5.73 Å². The van der Waals surface area contributed by atoms with E-state index in [1.54, 1.807) is 0 Å². The zero-order valence-corrected chi connectivity index (χ0v) is 7.70. The van der Waals surface area contributed by atoms with E-state index in [1.807, 2.05) is 0 Å². The van der Waals surface area contributed by atoms with Crippen LogP contribution in [0.1, 0.15) is 12.8 Å². The molecule has 0 heterocycles. The highest BCUT2D eigenvalue weighted by Gasteiger charge is 2.12. The highest BCUT2D eigenvalue weighted by molar-refractivity contribution is 5.71. The first-order valence-corrected chi connectivity index (χ1v) is 4.20. The van der Waals surface area contributed by atoms with Gasteiger partial charge in [-0.1, -0.05) is 0 Å². The Morgan fingerprint density at radius 2 is 1.43 bits per heavy atom. The minimum Gasteiger partial charge on any atom is -0.368 e. The van der Waals surface area contributed by atoms with E-state index >= 15 is 0 Å². The van der Waals surface area contributed by atoms with Crippen molar-refractivity contribution >= 4 is 6.03 Å². The minimum absolute atomic E-state index is 0.0233. The second-order valence-electron chi connectivity index (χ2n) is 2.86. The van der Waals surface area contributed by atoms with Crippen molar-refractivity contribution in [2.75, 3.05) is 13.1 Å². The Bertz CT molecular complexity index is 161. The third kappa shape index (κ3) is 6.61. The number of aliphatic hydroxyl groups excluding tert-OH is 2. The largest absolute Gasteiger partial charge is 0.368 e. The molecule has 0 aliphatic rings. The number of urea groups is 1. The van der Waals surface area contributed by atoms with Crippen molar-refractivity contribution in [1.82, 2.24) is 4.90 Å². The predicted molar refractivity (Wildman–Crippen MR) is 46.8 cm³/mol. The summed E-state index contributed by atoms with van der Waals surface area (Å²) in [5, 5.41) is 34.2. The average molecular weight is 208 g/mol. The van der Waals surface area contributed by atoms with E-state index in [0.717, 1.165) is 4.90 Å². The number of aliphatic hydroxyl groups is 4. The van der Waals surface area contributed by atoms with Crippen LogP contribution in [-0.4, -0.2) is 57.0 Å². The van der Waals surface area contributed by atoms with E-state index in [4.69, 9.17) is 26.2 Å². The summed E-state index contributed by atoms with van der Waals surface area (Å²) in [7, 11) is 0. The zero-order valence-electron chi connectivity index (χ0n) is 7.70. The first-order chi connectivity index (χ1) is 6.43. The van der Waals surface area contributed by atoms with Crippen molar-refractivity contribution < 1.29 is 25.2 Å². The molecular formula is C7H16N2O5. The molecule has 14 heavy (non-hydrogen) atoms. The first kappa shape index (κ1) is 13.1. The number of rotatable bonds is 6. The number of nitrogens with zero attached hydrogens (tertiary/aromatic N) is 1. The van der Waals surface area contributed by atoms with Crippen LogP contribution in [0.3, 0.4) is 0 Å². The Balaban J connectivity index is 3.84. The van der Waals surface area contributed by atoms with Crippen LogP contribution < -0.4 is 5.73 Å². The van der Waals surface area contributed by atoms with Gasteiger partial charge in [0.05, 0.1) is 0 Å². The fourth-order valence-corrected chi connectivity index (χ4v) is 0.875. The van der Waals surface area contributed by atoms with Crippen molar-refractivity contribution in [3.05, 3.63) is 0 Å². The summed E-state index contributed by atoms with van der Waals surface area (Å²) >= 11 is 0. The van der Waals surface area contributed by atoms with Crippen LogP contribution in [0.4, 0.5) is 4.79 Å². The SMILES string of the molecule is NC(=O)N(CCC(O)O)CCC(O)O. The van der Waals surface area contributed by atoms with Crippen LogP contribution in [0.2, 0.25) is 0 Å². The second kappa shape index (κ2) is 6.55. The summed E-state index contributed by atoms with van der Waals surface area (Å²) in [4.78, 5) is 11.9. The summed E-state index contributed by atoms with van der Waals surface area (Å²) in [5.41, 5.74) is 4.97. The fraction of sp³-hybridized carbons (Fsp3) is 0.857. The Labute approximate surface area is 81.4 Å². The second-order valence-corrected chi connectivity index (χ2v) is 2.86. The average Bonchev–Trinajstić information content (AvgIpc) is 2.02. The highest BCUT2D eigenvalue weighted by atomic mass is 16.5. The molecular weight excluding hydrogens is 192 g/mol. The predicted octanol–water partition coefficient (Wildman–Crippen LogP) is -2.23. The number of carbonyl (C=O) groups excluding carboxylic acids is 1. The van der Waals surface area contributed by atoms with E-state index in [9.17, 15) is 4.79 Å². The lowest BCUT2D eigenvalue weighted by molar-refractivity contribution is -0.0557. The molecule has 0 radical (unpaired) electrons. The van der Waals surface area contributed by atoms with Crippen LogP contribution >= 0.6 is 0 Å². The van der Waals surface area contributed by atoms with Gasteiger partial charge in [-0.05, 0) is 0 Å². The molecule has 0 spiro atoms. The van der Waals surface area contributed by atoms with E-state index in [0.29, 0.717) is 0 Å². The Morgan fingerprint density at radius 3 is 1.64 bits per heavy atom. The number of carbonyl (C=O) groups is 1. The summed E-state index contributed by atoms with van der Waals surface area (Å²) in [6.07, 6.45) is -3.05. The maximum Gasteiger partial charge on any atom is 0.314 e. The van der Waals surface area contributed by atoms with Gasteiger partial charge >= 0.3 is 6.03 Å². The maximum atomic E-state index is 10.7. The standard InChI is InChI=1S/C7H16N2O5/c8-7(14)9(3-1-5(10)11)4-2-6(12)13/h5-6,10-13H,1-4H2,(H2,8,14). The van der Waals surface area contributed by atoms with Gasteiger partial charge in [-0.25, -0.2) is 4.79 Å². The van der Waals surface area contributed by atoms with Crippen LogP contribution in [0.5, 0.6) is 0 Å². The molecule has 6 N–H and O–H groups in total. The van der Waals surface area contributed by atoms with Gasteiger partial charge in [-0.15, -0.1) is 0 Å². The Hall–Kier alpha value is -0.890. The first-order valence-electron chi connectivity index (χ1n) is 4.20. The maximum absolute atomic E-state index is 10.7. The minimum atomic E-state index is -1.50. The molecule has 0 saturated heterocycles. The third-order valence-electron chi connectivity index (χ3n) is 1.63. The van der Waals surface area contributed by atoms with Gasteiger partial charge in [0.2, 0.25) is 0 Å². The zero-order chi connectivity index (χ0) is 11.1. The Kier molecular flexibility index (Phi) is 6.13. The van der Waals surface area contributed by atoms with Crippen LogP contribution in [0.25, 0.3) is 0 Å². The molecule has 0 saturated carbocycles. The normalized spacial score (nSPS) is 11.0. The molecule has 0 aromatic carbocycles. The van der Waals surface area contributed by atoms with E-state index in [-0.39, 0.29) is 25.9 Å². The lowest BCUT2D eigenvalue weighted by Gasteiger charge is -2.20.